The quantitative estimate of drug-likeness (QED) is 0.844. The smallest absolute Gasteiger partial charge is 0.441 e. The molecule has 0 spiro atoms. The Morgan fingerprint density at radius 3 is 2.82 bits per heavy atom. The summed E-state index contributed by atoms with van der Waals surface area (Å²) < 4.78 is 40.3. The molecule has 17 heavy (non-hydrogen) atoms. The topological polar surface area (TPSA) is 47.0 Å². The van der Waals surface area contributed by atoms with E-state index in [1.165, 1.54) is 13.3 Å². The fraction of sp³-hybridized carbons (Fsp3) is 0.500. The predicted molar refractivity (Wildman–Crippen MR) is 60.6 cm³/mol. The van der Waals surface area contributed by atoms with Crippen LogP contribution in [0.1, 0.15) is 0 Å². The van der Waals surface area contributed by atoms with E-state index in [1.807, 2.05) is 0 Å². The first kappa shape index (κ1) is 14.2. The second-order valence-corrected chi connectivity index (χ2v) is 4.34. The van der Waals surface area contributed by atoms with Crippen molar-refractivity contribution >= 4 is 29.2 Å². The Morgan fingerprint density at radius 2 is 2.24 bits per heavy atom. The van der Waals surface area contributed by atoms with Crippen molar-refractivity contribution in [3.63, 3.8) is 0 Å². The molecule has 1 rings (SSSR count). The van der Waals surface area contributed by atoms with Crippen LogP contribution in [0.15, 0.2) is 6.20 Å². The number of halogens is 4. The highest BCUT2D eigenvalue weighted by Crippen LogP contribution is 2.29. The van der Waals surface area contributed by atoms with E-state index in [0.717, 1.165) is 0 Å². The summed E-state index contributed by atoms with van der Waals surface area (Å²) >= 11 is 5.64. The SMILES string of the molecule is COc1ncc(Cl)c(NCCSC(F)(F)F)n1. The van der Waals surface area contributed by atoms with E-state index < -0.39 is 5.51 Å². The molecule has 0 aliphatic carbocycles. The summed E-state index contributed by atoms with van der Waals surface area (Å²) in [6, 6.07) is 0.0976. The lowest BCUT2D eigenvalue weighted by atomic mass is 10.5. The summed E-state index contributed by atoms with van der Waals surface area (Å²) in [5.74, 6) is 0.118. The number of alkyl halides is 3. The Labute approximate surface area is 105 Å². The lowest BCUT2D eigenvalue weighted by molar-refractivity contribution is -0.0327. The summed E-state index contributed by atoms with van der Waals surface area (Å²) in [7, 11) is 1.38. The Hall–Kier alpha value is -0.890. The monoisotopic (exact) mass is 287 g/mol. The molecule has 96 valence electrons. The number of rotatable bonds is 5. The van der Waals surface area contributed by atoms with E-state index in [9.17, 15) is 13.2 Å². The highest BCUT2D eigenvalue weighted by Gasteiger charge is 2.27. The number of anilines is 1. The number of thioether (sulfide) groups is 1. The maximum atomic E-state index is 11.8. The molecule has 0 bridgehead atoms. The van der Waals surface area contributed by atoms with Gasteiger partial charge in [-0.25, -0.2) is 4.98 Å². The minimum absolute atomic E-state index is 0.0874. The van der Waals surface area contributed by atoms with Gasteiger partial charge in [0, 0.05) is 12.3 Å². The molecule has 0 radical (unpaired) electrons. The standard InChI is InChI=1S/C8H9ClF3N3OS/c1-16-7-14-4-5(9)6(15-7)13-2-3-17-8(10,11)12/h4H,2-3H2,1H3,(H,13,14,15). The summed E-state index contributed by atoms with van der Waals surface area (Å²) in [4.78, 5) is 7.59. The molecule has 0 aliphatic heterocycles. The fourth-order valence-electron chi connectivity index (χ4n) is 0.909. The number of nitrogens with one attached hydrogen (secondary N) is 1. The largest absolute Gasteiger partial charge is 0.467 e. The van der Waals surface area contributed by atoms with Crippen LogP contribution in [0.25, 0.3) is 0 Å². The highest BCUT2D eigenvalue weighted by molar-refractivity contribution is 8.00. The van der Waals surface area contributed by atoms with Crippen LogP contribution in [0.3, 0.4) is 0 Å². The van der Waals surface area contributed by atoms with Gasteiger partial charge in [-0.05, 0) is 11.8 Å². The lowest BCUT2D eigenvalue weighted by Gasteiger charge is -2.09. The maximum absolute atomic E-state index is 11.8. The van der Waals surface area contributed by atoms with Crippen molar-refractivity contribution < 1.29 is 17.9 Å². The first-order valence-electron chi connectivity index (χ1n) is 4.43. The molecule has 1 aromatic heterocycles. The van der Waals surface area contributed by atoms with E-state index in [0.29, 0.717) is 0 Å². The first-order valence-corrected chi connectivity index (χ1v) is 5.80. The summed E-state index contributed by atoms with van der Waals surface area (Å²) in [6.07, 6.45) is 1.31. The highest BCUT2D eigenvalue weighted by atomic mass is 35.5. The molecule has 0 amide bonds. The molecule has 0 atom stereocenters. The van der Waals surface area contributed by atoms with Gasteiger partial charge in [0.15, 0.2) is 5.82 Å². The summed E-state index contributed by atoms with van der Waals surface area (Å²) in [5.41, 5.74) is -4.23. The van der Waals surface area contributed by atoms with Crippen molar-refractivity contribution in [2.75, 3.05) is 24.7 Å². The van der Waals surface area contributed by atoms with Crippen molar-refractivity contribution in [3.05, 3.63) is 11.2 Å². The zero-order valence-corrected chi connectivity index (χ0v) is 10.3. The predicted octanol–water partition coefficient (Wildman–Crippen LogP) is 2.80. The molecule has 0 fully saturated rings. The van der Waals surface area contributed by atoms with Crippen LogP contribution in [0, 0.1) is 0 Å². The molecule has 1 aromatic rings. The van der Waals surface area contributed by atoms with Gasteiger partial charge < -0.3 is 10.1 Å². The number of methoxy groups -OCH3 is 1. The minimum Gasteiger partial charge on any atom is -0.467 e. The normalized spacial score (nSPS) is 11.4. The Bertz CT molecular complexity index is 378. The summed E-state index contributed by atoms with van der Waals surface area (Å²) in [5, 5.41) is 2.90. The zero-order chi connectivity index (χ0) is 12.9. The van der Waals surface area contributed by atoms with Crippen LogP contribution in [0.4, 0.5) is 19.0 Å². The zero-order valence-electron chi connectivity index (χ0n) is 8.71. The molecule has 1 heterocycles. The molecule has 9 heteroatoms. The van der Waals surface area contributed by atoms with Gasteiger partial charge in [0.25, 0.3) is 0 Å². The second-order valence-electron chi connectivity index (χ2n) is 2.77. The summed E-state index contributed by atoms with van der Waals surface area (Å²) in [6.45, 7) is 0.0874. The Morgan fingerprint density at radius 1 is 1.53 bits per heavy atom. The number of aromatic nitrogens is 2. The molecule has 0 saturated carbocycles. The van der Waals surface area contributed by atoms with Crippen molar-refractivity contribution in [1.82, 2.24) is 9.97 Å². The third-order valence-corrected chi connectivity index (χ3v) is 2.58. The van der Waals surface area contributed by atoms with Gasteiger partial charge in [-0.15, -0.1) is 0 Å². The molecule has 0 saturated heterocycles. The maximum Gasteiger partial charge on any atom is 0.441 e. The third kappa shape index (κ3) is 5.31. The van der Waals surface area contributed by atoms with Gasteiger partial charge in [0.05, 0.1) is 13.3 Å². The fourth-order valence-corrected chi connectivity index (χ4v) is 1.50. The third-order valence-electron chi connectivity index (χ3n) is 1.56. The van der Waals surface area contributed by atoms with Crippen molar-refractivity contribution in [2.24, 2.45) is 0 Å². The lowest BCUT2D eigenvalue weighted by Crippen LogP contribution is -2.11. The Kier molecular flexibility index (Phi) is 5.13. The molecule has 4 nitrogen and oxygen atoms in total. The van der Waals surface area contributed by atoms with E-state index in [4.69, 9.17) is 16.3 Å². The molecular weight excluding hydrogens is 279 g/mol. The first-order chi connectivity index (χ1) is 7.92. The van der Waals surface area contributed by atoms with Gasteiger partial charge in [-0.1, -0.05) is 11.6 Å². The second kappa shape index (κ2) is 6.15. The van der Waals surface area contributed by atoms with Crippen LogP contribution in [-0.4, -0.2) is 34.9 Å². The van der Waals surface area contributed by atoms with Gasteiger partial charge >= 0.3 is 11.5 Å². The van der Waals surface area contributed by atoms with Crippen LogP contribution in [-0.2, 0) is 0 Å². The van der Waals surface area contributed by atoms with Crippen molar-refractivity contribution in [3.8, 4) is 6.01 Å². The number of ether oxygens (including phenoxy) is 1. The van der Waals surface area contributed by atoms with E-state index in [1.54, 1.807) is 0 Å². The van der Waals surface area contributed by atoms with Crippen LogP contribution < -0.4 is 10.1 Å². The number of hydrogen-bond donors (Lipinski definition) is 1. The van der Waals surface area contributed by atoms with Gasteiger partial charge in [-0.2, -0.15) is 18.2 Å². The average molecular weight is 288 g/mol. The molecule has 0 aromatic carbocycles. The molecule has 0 aliphatic rings. The number of hydrogen-bond acceptors (Lipinski definition) is 5. The molecular formula is C8H9ClF3N3OS. The van der Waals surface area contributed by atoms with Gasteiger partial charge in [0.1, 0.15) is 5.02 Å². The van der Waals surface area contributed by atoms with E-state index in [-0.39, 0.29) is 40.9 Å². The molecule has 1 N–H and O–H groups in total. The van der Waals surface area contributed by atoms with Crippen molar-refractivity contribution in [2.45, 2.75) is 5.51 Å². The van der Waals surface area contributed by atoms with Gasteiger partial charge in [0.2, 0.25) is 0 Å². The minimum atomic E-state index is -4.23. The van der Waals surface area contributed by atoms with Gasteiger partial charge in [-0.3, -0.25) is 0 Å². The van der Waals surface area contributed by atoms with Crippen molar-refractivity contribution in [1.29, 1.82) is 0 Å². The van der Waals surface area contributed by atoms with E-state index in [2.05, 4.69) is 15.3 Å². The Balaban J connectivity index is 2.46. The van der Waals surface area contributed by atoms with E-state index >= 15 is 0 Å². The van der Waals surface area contributed by atoms with Crippen LogP contribution in [0.2, 0.25) is 5.02 Å². The average Bonchev–Trinajstić information content (AvgIpc) is 2.25. The molecule has 0 unspecified atom stereocenters. The number of nitrogens with zero attached hydrogens (tertiary/aromatic N) is 2. The van der Waals surface area contributed by atoms with Crippen LogP contribution >= 0.6 is 23.4 Å². The van der Waals surface area contributed by atoms with Crippen LogP contribution in [0.5, 0.6) is 6.01 Å².